The van der Waals surface area contributed by atoms with Crippen molar-refractivity contribution in [2.75, 3.05) is 0 Å². The highest BCUT2D eigenvalue weighted by Crippen LogP contribution is 2.19. The predicted molar refractivity (Wildman–Crippen MR) is 68.5 cm³/mol. The molecule has 0 aliphatic carbocycles. The van der Waals surface area contributed by atoms with Crippen LogP contribution in [0.4, 0.5) is 8.78 Å². The van der Waals surface area contributed by atoms with Crippen molar-refractivity contribution < 1.29 is 17.2 Å². The Hall–Kier alpha value is -1.80. The van der Waals surface area contributed by atoms with Crippen LogP contribution in [0.1, 0.15) is 17.0 Å². The molecule has 108 valence electrons. The van der Waals surface area contributed by atoms with Crippen molar-refractivity contribution in [3.63, 3.8) is 0 Å². The maximum absolute atomic E-state index is 13.1. The van der Waals surface area contributed by atoms with Gasteiger partial charge in [0.1, 0.15) is 16.5 Å². The number of benzene rings is 1. The van der Waals surface area contributed by atoms with Crippen LogP contribution in [0.3, 0.4) is 0 Å². The molecule has 0 bridgehead atoms. The van der Waals surface area contributed by atoms with E-state index in [1.54, 1.807) is 0 Å². The molecule has 1 aromatic heterocycles. The summed E-state index contributed by atoms with van der Waals surface area (Å²) in [6.45, 7) is 3.10. The summed E-state index contributed by atoms with van der Waals surface area (Å²) < 4.78 is 50.5. The number of hydrogen-bond acceptors (Lipinski definition) is 3. The van der Waals surface area contributed by atoms with Crippen molar-refractivity contribution in [2.45, 2.75) is 25.3 Å². The van der Waals surface area contributed by atoms with E-state index in [2.05, 4.69) is 5.10 Å². The van der Waals surface area contributed by atoms with Crippen molar-refractivity contribution in [3.8, 4) is 0 Å². The highest BCUT2D eigenvalue weighted by molar-refractivity contribution is 7.89. The van der Waals surface area contributed by atoms with Crippen LogP contribution in [0.2, 0.25) is 0 Å². The number of halogens is 2. The largest absolute Gasteiger partial charge is 0.264 e. The summed E-state index contributed by atoms with van der Waals surface area (Å²) in [5, 5.41) is 9.16. The number of hydrogen-bond donors (Lipinski definition) is 1. The lowest BCUT2D eigenvalue weighted by atomic mass is 10.2. The molecule has 0 amide bonds. The summed E-state index contributed by atoms with van der Waals surface area (Å²) in [5.74, 6) is -1.40. The van der Waals surface area contributed by atoms with E-state index in [1.165, 1.54) is 18.5 Å². The fourth-order valence-corrected chi connectivity index (χ4v) is 3.09. The first kappa shape index (κ1) is 14.6. The van der Waals surface area contributed by atoms with Crippen LogP contribution in [-0.2, 0) is 16.6 Å². The number of sulfonamides is 1. The van der Waals surface area contributed by atoms with Gasteiger partial charge >= 0.3 is 0 Å². The van der Waals surface area contributed by atoms with Gasteiger partial charge in [-0.05, 0) is 31.5 Å². The van der Waals surface area contributed by atoms with Crippen LogP contribution in [0, 0.1) is 25.5 Å². The van der Waals surface area contributed by atoms with Crippen LogP contribution in [-0.4, -0.2) is 18.2 Å². The van der Waals surface area contributed by atoms with E-state index in [0.29, 0.717) is 11.3 Å². The lowest BCUT2D eigenvalue weighted by Gasteiger charge is -2.06. The third-order valence-electron chi connectivity index (χ3n) is 2.85. The molecule has 0 aliphatic rings. The quantitative estimate of drug-likeness (QED) is 0.932. The number of nitrogens with zero attached hydrogens (tertiary/aromatic N) is 2. The molecule has 0 spiro atoms. The number of aryl methyl sites for hydroxylation is 1. The average molecular weight is 301 g/mol. The molecule has 0 saturated heterocycles. The second-order valence-corrected chi connectivity index (χ2v) is 5.98. The Morgan fingerprint density at radius 1 is 1.20 bits per heavy atom. The van der Waals surface area contributed by atoms with Gasteiger partial charge in [0.2, 0.25) is 10.0 Å². The normalized spacial score (nSPS) is 11.8. The molecule has 20 heavy (non-hydrogen) atoms. The van der Waals surface area contributed by atoms with E-state index >= 15 is 0 Å². The van der Waals surface area contributed by atoms with Gasteiger partial charge in [0.05, 0.1) is 17.9 Å². The molecule has 0 atom stereocenters. The van der Waals surface area contributed by atoms with E-state index < -0.39 is 21.7 Å². The van der Waals surface area contributed by atoms with Gasteiger partial charge in [0.25, 0.3) is 0 Å². The molecule has 1 aromatic carbocycles. The van der Waals surface area contributed by atoms with Gasteiger partial charge in [0.15, 0.2) is 0 Å². The van der Waals surface area contributed by atoms with Crippen molar-refractivity contribution in [1.82, 2.24) is 9.78 Å². The fraction of sp³-hybridized carbons (Fsp3) is 0.250. The van der Waals surface area contributed by atoms with Gasteiger partial charge in [0, 0.05) is 6.07 Å². The molecular formula is C12H13F2N3O2S. The second kappa shape index (κ2) is 4.95. The molecule has 8 heteroatoms. The van der Waals surface area contributed by atoms with E-state index in [1.807, 2.05) is 0 Å². The van der Waals surface area contributed by atoms with Crippen molar-refractivity contribution in [2.24, 2.45) is 5.14 Å². The smallest absolute Gasteiger partial charge is 0.241 e. The van der Waals surface area contributed by atoms with Gasteiger partial charge in [-0.2, -0.15) is 5.10 Å². The topological polar surface area (TPSA) is 78.0 Å². The third-order valence-corrected chi connectivity index (χ3v) is 4.01. The Kier molecular flexibility index (Phi) is 3.61. The van der Waals surface area contributed by atoms with Gasteiger partial charge in [-0.15, -0.1) is 0 Å². The lowest BCUT2D eigenvalue weighted by Crippen LogP contribution is -2.14. The summed E-state index contributed by atoms with van der Waals surface area (Å²) in [7, 11) is -3.88. The number of rotatable bonds is 3. The molecule has 1 heterocycles. The summed E-state index contributed by atoms with van der Waals surface area (Å²) >= 11 is 0. The van der Waals surface area contributed by atoms with Crippen LogP contribution in [0.5, 0.6) is 0 Å². The minimum absolute atomic E-state index is 0.0525. The average Bonchev–Trinajstić information content (AvgIpc) is 2.51. The number of primary sulfonamides is 1. The predicted octanol–water partition coefficient (Wildman–Crippen LogP) is 1.47. The summed E-state index contributed by atoms with van der Waals surface area (Å²) in [5.41, 5.74) is 0.922. The third kappa shape index (κ3) is 2.86. The first-order chi connectivity index (χ1) is 9.18. The second-order valence-electron chi connectivity index (χ2n) is 4.48. The Morgan fingerprint density at radius 3 is 2.20 bits per heavy atom. The molecule has 5 nitrogen and oxygen atoms in total. The summed E-state index contributed by atoms with van der Waals surface area (Å²) in [6, 6.07) is 3.09. The SMILES string of the molecule is Cc1nn(Cc2cc(F)cc(F)c2)c(C)c1S(N)(=O)=O. The summed E-state index contributed by atoms with van der Waals surface area (Å²) in [6.07, 6.45) is 0. The van der Waals surface area contributed by atoms with E-state index in [0.717, 1.165) is 18.2 Å². The van der Waals surface area contributed by atoms with Crippen molar-refractivity contribution in [1.29, 1.82) is 0 Å². The standard InChI is InChI=1S/C12H13F2N3O2S/c1-7-12(20(15,18)19)8(2)17(16-7)6-9-3-10(13)5-11(14)4-9/h3-5H,6H2,1-2H3,(H2,15,18,19). The zero-order chi connectivity index (χ0) is 15.1. The van der Waals surface area contributed by atoms with Crippen molar-refractivity contribution in [3.05, 3.63) is 46.8 Å². The highest BCUT2D eigenvalue weighted by atomic mass is 32.2. The maximum atomic E-state index is 13.1. The first-order valence-electron chi connectivity index (χ1n) is 5.70. The Labute approximate surface area is 115 Å². The molecule has 0 radical (unpaired) electrons. The van der Waals surface area contributed by atoms with Gasteiger partial charge in [-0.25, -0.2) is 22.3 Å². The minimum Gasteiger partial charge on any atom is -0.264 e. The monoisotopic (exact) mass is 301 g/mol. The van der Waals surface area contributed by atoms with Crippen molar-refractivity contribution >= 4 is 10.0 Å². The van der Waals surface area contributed by atoms with E-state index in [4.69, 9.17) is 5.14 Å². The Bertz CT molecular complexity index is 749. The van der Waals surface area contributed by atoms with Gasteiger partial charge < -0.3 is 0 Å². The molecular weight excluding hydrogens is 288 g/mol. The zero-order valence-corrected chi connectivity index (χ0v) is 11.7. The number of aromatic nitrogens is 2. The highest BCUT2D eigenvalue weighted by Gasteiger charge is 2.21. The first-order valence-corrected chi connectivity index (χ1v) is 7.25. The van der Waals surface area contributed by atoms with Crippen LogP contribution in [0.15, 0.2) is 23.1 Å². The molecule has 0 fully saturated rings. The van der Waals surface area contributed by atoms with E-state index in [-0.39, 0.29) is 17.1 Å². The molecule has 2 aromatic rings. The molecule has 0 saturated carbocycles. The lowest BCUT2D eigenvalue weighted by molar-refractivity contribution is 0.572. The summed E-state index contributed by atoms with van der Waals surface area (Å²) in [4.78, 5) is -0.0608. The molecule has 2 rings (SSSR count). The van der Waals surface area contributed by atoms with Crippen LogP contribution < -0.4 is 5.14 Å². The fourth-order valence-electron chi connectivity index (χ4n) is 2.12. The van der Waals surface area contributed by atoms with Crippen LogP contribution >= 0.6 is 0 Å². The van der Waals surface area contributed by atoms with Crippen LogP contribution in [0.25, 0.3) is 0 Å². The molecule has 0 aliphatic heterocycles. The van der Waals surface area contributed by atoms with Gasteiger partial charge in [-0.1, -0.05) is 0 Å². The maximum Gasteiger partial charge on any atom is 0.241 e. The van der Waals surface area contributed by atoms with E-state index in [9.17, 15) is 17.2 Å². The van der Waals surface area contributed by atoms with Gasteiger partial charge in [-0.3, -0.25) is 4.68 Å². The number of nitrogens with two attached hydrogens (primary N) is 1. The molecule has 2 N–H and O–H groups in total. The molecule has 0 unspecified atom stereocenters. The Balaban J connectivity index is 2.45. The zero-order valence-electron chi connectivity index (χ0n) is 10.9. The minimum atomic E-state index is -3.88. The Morgan fingerprint density at radius 2 is 1.75 bits per heavy atom.